The number of hydrogen-bond donors (Lipinski definition) is 8. The summed E-state index contributed by atoms with van der Waals surface area (Å²) in [5.74, 6) is 16.8. The number of carboxylic acid groups (broad SMARTS) is 4. The van der Waals surface area contributed by atoms with Crippen molar-refractivity contribution in [3.63, 3.8) is 0 Å². The van der Waals surface area contributed by atoms with Crippen molar-refractivity contribution >= 4 is 103 Å². The summed E-state index contributed by atoms with van der Waals surface area (Å²) < 4.78 is 151. The average molecular weight is 2040 g/mol. The zero-order valence-electron chi connectivity index (χ0n) is 78.3. The monoisotopic (exact) mass is 2030 g/mol. The zero-order valence-corrected chi connectivity index (χ0v) is 78.3. The minimum Gasteiger partial charge on any atom is -0.497 e. The van der Waals surface area contributed by atoms with Crippen molar-refractivity contribution in [3.8, 4) is 58.9 Å². The van der Waals surface area contributed by atoms with Crippen LogP contribution in [0.25, 0.3) is 44.1 Å². The highest BCUT2D eigenvalue weighted by molar-refractivity contribution is 5.97. The quantitative estimate of drug-likeness (QED) is 0.0198. The molecule has 4 aliphatic rings. The third kappa shape index (κ3) is 32.0. The third-order valence-corrected chi connectivity index (χ3v) is 21.0. The van der Waals surface area contributed by atoms with Gasteiger partial charge in [-0.05, 0) is 63.9 Å². The van der Waals surface area contributed by atoms with E-state index in [1.807, 2.05) is 79.8 Å². The molecule has 4 saturated heterocycles. The van der Waals surface area contributed by atoms with Crippen molar-refractivity contribution in [3.05, 3.63) is 198 Å². The standard InChI is InChI=1S/C22H24N6O3.C21H22N6O2.C21H24N6O2.C21H24N6O.4C2HF3O2/c1-3-4-10-27-20-18(25-22(27)26-11-8-23-9-12-26)14-24-28(21(20)30)15-19(29)16-6-5-7-17(13-16)31-2;1-2-3-11-26-19-17(24-21(26)25-12-9-22-10-13-25)14-23-27(20(19)29)15-18(28)16-7-5-4-6-8-16;1-2-3-11-26-19-18(24-21(26)25-12-9-22-10-13-25)16-23-27(20(19)28)14-15-29-17-7-5-4-6-8-17;1-2-3-12-26-19-18(24-21(26)25-14-10-22-11-15-25)16-23-27(20(19)28)13-9-17-7-5-4-6-8-17;4*3-2(4,5)1(6)7/h5-7,13-14,23H,8-12,15H2,1-2H3;4-8,14,22H,9-13,15H2,1H3;4-8,16,22H,9-15H2,1H3;4-8,16,22H,9-15H2,1H3;4*(H,6,7). The normalized spacial score (nSPS) is 13.4. The van der Waals surface area contributed by atoms with Crippen molar-refractivity contribution in [2.24, 2.45) is 0 Å². The number of rotatable bonds is 22. The summed E-state index contributed by atoms with van der Waals surface area (Å²) in [7, 11) is 1.54. The first-order valence-electron chi connectivity index (χ1n) is 44.1. The number of aryl methyl sites for hydroxylation is 2. The number of alkyl halides is 12. The molecule has 145 heavy (non-hydrogen) atoms. The van der Waals surface area contributed by atoms with E-state index in [1.54, 1.807) is 95.0 Å². The maximum absolute atomic E-state index is 13.3. The number of hydrogen-bond acceptors (Lipinski definition) is 28. The van der Waals surface area contributed by atoms with Gasteiger partial charge in [0, 0.05) is 122 Å². The summed E-state index contributed by atoms with van der Waals surface area (Å²) >= 11 is 0. The number of piperazine rings is 4. The molecule has 0 bridgehead atoms. The number of carbonyl (C=O) groups is 6. The Balaban J connectivity index is 0.000000197. The number of imidazole rings is 4. The highest BCUT2D eigenvalue weighted by Crippen LogP contribution is 2.27. The van der Waals surface area contributed by atoms with Crippen LogP contribution < -0.4 is 72.6 Å². The van der Waals surface area contributed by atoms with Crippen LogP contribution >= 0.6 is 0 Å². The first-order chi connectivity index (χ1) is 69.1. The molecule has 40 nitrogen and oxygen atoms in total. The van der Waals surface area contributed by atoms with Crippen molar-refractivity contribution < 1.29 is 111 Å². The summed E-state index contributed by atoms with van der Waals surface area (Å²) in [5.41, 5.74) is 5.42. The molecule has 770 valence electrons. The Morgan fingerprint density at radius 3 is 0.917 bits per heavy atom. The minimum absolute atomic E-state index is 0.111. The van der Waals surface area contributed by atoms with E-state index in [4.69, 9.17) is 59.0 Å². The van der Waals surface area contributed by atoms with Crippen LogP contribution in [0.4, 0.5) is 76.5 Å². The van der Waals surface area contributed by atoms with Crippen LogP contribution in [-0.4, -0.2) is 276 Å². The van der Waals surface area contributed by atoms with Crippen molar-refractivity contribution in [2.45, 2.75) is 111 Å². The molecule has 0 atom stereocenters. The Hall–Kier alpha value is -16.5. The van der Waals surface area contributed by atoms with Gasteiger partial charge in [0.2, 0.25) is 23.8 Å². The van der Waals surface area contributed by atoms with Crippen LogP contribution in [0.2, 0.25) is 0 Å². The van der Waals surface area contributed by atoms with Gasteiger partial charge >= 0.3 is 48.6 Å². The van der Waals surface area contributed by atoms with Crippen LogP contribution in [0.15, 0.2) is 159 Å². The highest BCUT2D eigenvalue weighted by Gasteiger charge is 2.41. The van der Waals surface area contributed by atoms with Gasteiger partial charge in [0.05, 0.1) is 64.6 Å². The van der Waals surface area contributed by atoms with E-state index in [9.17, 15) is 81.5 Å². The lowest BCUT2D eigenvalue weighted by molar-refractivity contribution is -0.193. The molecule has 52 heteroatoms. The van der Waals surface area contributed by atoms with E-state index in [-0.39, 0.29) is 46.9 Å². The molecule has 0 amide bonds. The van der Waals surface area contributed by atoms with Crippen molar-refractivity contribution in [2.75, 3.05) is 138 Å². The molecular formula is C93H98F12N24O16. The smallest absolute Gasteiger partial charge is 0.490 e. The number of carboxylic acids is 4. The predicted octanol–water partition coefficient (Wildman–Crippen LogP) is 6.73. The average Bonchev–Trinajstić information content (AvgIpc) is 1.63. The number of benzene rings is 4. The van der Waals surface area contributed by atoms with E-state index in [0.29, 0.717) is 113 Å². The number of aromatic nitrogens is 16. The molecule has 0 aliphatic carbocycles. The van der Waals surface area contributed by atoms with Gasteiger partial charge in [-0.2, -0.15) is 73.1 Å². The summed E-state index contributed by atoms with van der Waals surface area (Å²) in [6, 6.07) is 35.4. The number of fused-ring (bicyclic) bond motifs is 4. The Labute approximate surface area is 816 Å². The van der Waals surface area contributed by atoms with Gasteiger partial charge in [0.1, 0.15) is 75.3 Å². The van der Waals surface area contributed by atoms with Gasteiger partial charge in [-0.1, -0.05) is 115 Å². The number of ketones is 2. The van der Waals surface area contributed by atoms with Gasteiger partial charge in [0.15, 0.2) is 11.6 Å². The van der Waals surface area contributed by atoms with E-state index in [2.05, 4.69) is 131 Å². The molecule has 4 aliphatic heterocycles. The van der Waals surface area contributed by atoms with Crippen LogP contribution in [0, 0.1) is 47.4 Å². The fourth-order valence-corrected chi connectivity index (χ4v) is 14.0. The molecule has 8 aromatic heterocycles. The molecule has 4 aromatic carbocycles. The van der Waals surface area contributed by atoms with E-state index >= 15 is 0 Å². The summed E-state index contributed by atoms with van der Waals surface area (Å²) in [6.45, 7) is 23.3. The maximum atomic E-state index is 13.3. The second-order valence-electron chi connectivity index (χ2n) is 30.7. The van der Waals surface area contributed by atoms with Gasteiger partial charge in [-0.15, -0.1) is 23.7 Å². The molecule has 0 spiro atoms. The summed E-state index contributed by atoms with van der Waals surface area (Å²) in [4.78, 5) is 141. The third-order valence-electron chi connectivity index (χ3n) is 21.0. The fourth-order valence-electron chi connectivity index (χ4n) is 14.0. The Morgan fingerprint density at radius 2 is 0.621 bits per heavy atom. The summed E-state index contributed by atoms with van der Waals surface area (Å²) in [6.07, 6.45) is -13.1. The van der Waals surface area contributed by atoms with Crippen LogP contribution in [-0.2, 0) is 78.0 Å². The largest absolute Gasteiger partial charge is 0.497 e. The minimum atomic E-state index is -5.08. The molecule has 0 saturated carbocycles. The molecule has 16 rings (SSSR count). The van der Waals surface area contributed by atoms with Crippen LogP contribution in [0.3, 0.4) is 0 Å². The number of Topliss-reactive ketones (excluding diaryl/α,β-unsaturated/α-hetero) is 2. The SMILES string of the molecule is CC#CCn1c(N2CCNCC2)nc2cnn(CC(=O)c3cccc(OC)c3)c(=O)c21.CC#CCn1c(N2CCNCC2)nc2cnn(CC(=O)c3ccccc3)c(=O)c21.CC#CCn1c(N2CCNCC2)nc2cnn(CCOc3ccccc3)c(=O)c21.CC#CCn1c(N2CCNCC2)nc2cnn(CCc3ccccc3)c(=O)c21.O=C(O)C(F)(F)F.O=C(O)C(F)(F)F.O=C(O)C(F)(F)F.O=C(O)C(F)(F)F. The van der Waals surface area contributed by atoms with Crippen molar-refractivity contribution in [1.82, 2.24) is 98.6 Å². The number of methoxy groups -OCH3 is 1. The second-order valence-corrected chi connectivity index (χ2v) is 30.7. The summed E-state index contributed by atoms with van der Waals surface area (Å²) in [5, 5.41) is 58.9. The molecule has 0 unspecified atom stereocenters. The number of carbonyl (C=O) groups excluding carboxylic acids is 2. The lowest BCUT2D eigenvalue weighted by Crippen LogP contribution is -2.44. The van der Waals surface area contributed by atoms with Gasteiger partial charge in [-0.3, -0.25) is 47.0 Å². The van der Waals surface area contributed by atoms with Gasteiger partial charge in [0.25, 0.3) is 22.2 Å². The molecule has 0 radical (unpaired) electrons. The first-order valence-corrected chi connectivity index (χ1v) is 44.1. The van der Waals surface area contributed by atoms with Crippen LogP contribution in [0.1, 0.15) is 54.0 Å². The fraction of sp³-hybridized carbons (Fsp3) is 0.376. The molecular weight excluding hydrogens is 1940 g/mol. The Bertz CT molecular complexity index is 6900. The number of nitrogens with one attached hydrogen (secondary N) is 4. The number of nitrogens with zero attached hydrogens (tertiary/aromatic N) is 20. The van der Waals surface area contributed by atoms with E-state index < -0.39 is 48.6 Å². The number of ether oxygens (including phenoxy) is 2. The first kappa shape index (κ1) is 112. The Kier molecular flexibility index (Phi) is 41.3. The topological polar surface area (TPSA) is 474 Å². The van der Waals surface area contributed by atoms with Gasteiger partial charge in [-0.25, -0.2) is 57.8 Å². The molecule has 12 aromatic rings. The lowest BCUT2D eigenvalue weighted by Gasteiger charge is -2.28. The molecule has 4 fully saturated rings. The van der Waals surface area contributed by atoms with E-state index in [0.717, 1.165) is 135 Å². The number of halogens is 12. The number of aliphatic carboxylic acids is 4. The van der Waals surface area contributed by atoms with Crippen LogP contribution in [0.5, 0.6) is 11.5 Å². The van der Waals surface area contributed by atoms with E-state index in [1.165, 1.54) is 30.5 Å². The maximum Gasteiger partial charge on any atom is 0.490 e. The zero-order chi connectivity index (χ0) is 106. The molecule has 8 N–H and O–H groups in total. The Morgan fingerprint density at radius 1 is 0.359 bits per heavy atom. The van der Waals surface area contributed by atoms with Crippen molar-refractivity contribution in [1.29, 1.82) is 0 Å². The number of anilines is 4. The number of para-hydroxylation sites is 1. The molecule has 12 heterocycles. The van der Waals surface area contributed by atoms with Gasteiger partial charge < -0.3 is 70.8 Å². The predicted molar refractivity (Wildman–Crippen MR) is 506 cm³/mol. The second kappa shape index (κ2) is 53.4. The lowest BCUT2D eigenvalue weighted by atomic mass is 10.1. The highest BCUT2D eigenvalue weighted by atomic mass is 19.4.